The Morgan fingerprint density at radius 3 is 2.47 bits per heavy atom. The fourth-order valence-electron chi connectivity index (χ4n) is 1.45. The predicted octanol–water partition coefficient (Wildman–Crippen LogP) is 2.38. The molecule has 0 amide bonds. The van der Waals surface area contributed by atoms with Gasteiger partial charge in [-0.25, -0.2) is 9.78 Å². The normalized spacial score (nSPS) is 10.2. The molecule has 0 aliphatic heterocycles. The lowest BCUT2D eigenvalue weighted by Crippen LogP contribution is -2.07. The molecule has 0 spiro atoms. The van der Waals surface area contributed by atoms with E-state index in [2.05, 4.69) is 4.98 Å². The van der Waals surface area contributed by atoms with Crippen LogP contribution in [0.5, 0.6) is 0 Å². The molecule has 0 fully saturated rings. The van der Waals surface area contributed by atoms with Crippen LogP contribution in [-0.2, 0) is 0 Å². The van der Waals surface area contributed by atoms with Crippen LogP contribution < -0.4 is 0 Å². The Bertz CT molecular complexity index is 575. The molecule has 17 heavy (non-hydrogen) atoms. The molecule has 1 aromatic heterocycles. The molecular formula is C12H9NO3S. The van der Waals surface area contributed by atoms with E-state index in [-0.39, 0.29) is 16.4 Å². The lowest BCUT2D eigenvalue weighted by atomic mass is 10.1. The third-order valence-electron chi connectivity index (χ3n) is 2.18. The van der Waals surface area contributed by atoms with Gasteiger partial charge in [-0.05, 0) is 6.92 Å². The summed E-state index contributed by atoms with van der Waals surface area (Å²) in [4.78, 5) is 27.1. The highest BCUT2D eigenvalue weighted by molar-refractivity contribution is 7.14. The van der Waals surface area contributed by atoms with Crippen LogP contribution in [0, 0.1) is 6.92 Å². The highest BCUT2D eigenvalue weighted by atomic mass is 32.1. The van der Waals surface area contributed by atoms with E-state index in [0.717, 1.165) is 11.3 Å². The van der Waals surface area contributed by atoms with Gasteiger partial charge in [-0.2, -0.15) is 0 Å². The molecule has 2 aromatic rings. The van der Waals surface area contributed by atoms with Crippen LogP contribution >= 0.6 is 11.3 Å². The van der Waals surface area contributed by atoms with Crippen molar-refractivity contribution < 1.29 is 14.7 Å². The van der Waals surface area contributed by atoms with Gasteiger partial charge >= 0.3 is 5.97 Å². The number of aromatic carboxylic acids is 1. The Hall–Kier alpha value is -2.01. The van der Waals surface area contributed by atoms with Crippen molar-refractivity contribution in [1.29, 1.82) is 0 Å². The number of carbonyl (C=O) groups excluding carboxylic acids is 1. The van der Waals surface area contributed by atoms with Crippen molar-refractivity contribution in [3.8, 4) is 0 Å². The summed E-state index contributed by atoms with van der Waals surface area (Å²) in [6.45, 7) is 1.68. The van der Waals surface area contributed by atoms with E-state index in [0.29, 0.717) is 10.6 Å². The molecule has 86 valence electrons. The Labute approximate surface area is 102 Å². The zero-order valence-electron chi connectivity index (χ0n) is 9.01. The SMILES string of the molecule is Cc1nc(C(=O)O)c(C(=O)c2ccccc2)s1. The first-order chi connectivity index (χ1) is 8.09. The highest BCUT2D eigenvalue weighted by Crippen LogP contribution is 2.21. The number of hydrogen-bond donors (Lipinski definition) is 1. The Balaban J connectivity index is 2.48. The van der Waals surface area contributed by atoms with Gasteiger partial charge in [-0.3, -0.25) is 4.79 Å². The third kappa shape index (κ3) is 2.24. The van der Waals surface area contributed by atoms with E-state index in [1.165, 1.54) is 0 Å². The molecule has 2 rings (SSSR count). The summed E-state index contributed by atoms with van der Waals surface area (Å²) in [5, 5.41) is 9.54. The number of aryl methyl sites for hydroxylation is 1. The summed E-state index contributed by atoms with van der Waals surface area (Å²) in [7, 11) is 0. The maximum absolute atomic E-state index is 12.1. The number of hydrogen-bond acceptors (Lipinski definition) is 4. The zero-order chi connectivity index (χ0) is 12.4. The van der Waals surface area contributed by atoms with Crippen molar-refractivity contribution in [2.45, 2.75) is 6.92 Å². The molecule has 0 aliphatic carbocycles. The van der Waals surface area contributed by atoms with Crippen molar-refractivity contribution in [3.05, 3.63) is 51.5 Å². The Morgan fingerprint density at radius 2 is 1.88 bits per heavy atom. The van der Waals surface area contributed by atoms with Crippen LogP contribution in [0.3, 0.4) is 0 Å². The van der Waals surface area contributed by atoms with Crippen molar-refractivity contribution in [1.82, 2.24) is 4.98 Å². The standard InChI is InChI=1S/C12H9NO3S/c1-7-13-9(12(15)16)11(17-7)10(14)8-5-3-2-4-6-8/h2-6H,1H3,(H,15,16). The number of carbonyl (C=O) groups is 2. The summed E-state index contributed by atoms with van der Waals surface area (Å²) in [5.74, 6) is -1.47. The summed E-state index contributed by atoms with van der Waals surface area (Å²) in [5.41, 5.74) is 0.306. The molecule has 1 heterocycles. The smallest absolute Gasteiger partial charge is 0.356 e. The van der Waals surface area contributed by atoms with Crippen molar-refractivity contribution >= 4 is 23.1 Å². The lowest BCUT2D eigenvalue weighted by Gasteiger charge is -1.98. The van der Waals surface area contributed by atoms with Gasteiger partial charge in [-0.1, -0.05) is 30.3 Å². The van der Waals surface area contributed by atoms with Gasteiger partial charge < -0.3 is 5.11 Å². The third-order valence-corrected chi connectivity index (χ3v) is 3.15. The quantitative estimate of drug-likeness (QED) is 0.845. The molecule has 0 saturated heterocycles. The van der Waals surface area contributed by atoms with Gasteiger partial charge in [0.05, 0.1) is 5.01 Å². The average Bonchev–Trinajstić information content (AvgIpc) is 2.72. The minimum Gasteiger partial charge on any atom is -0.476 e. The molecule has 0 bridgehead atoms. The molecule has 1 N–H and O–H groups in total. The fraction of sp³-hybridized carbons (Fsp3) is 0.0833. The number of aromatic nitrogens is 1. The summed E-state index contributed by atoms with van der Waals surface area (Å²) in [6.07, 6.45) is 0. The molecule has 4 nitrogen and oxygen atoms in total. The monoisotopic (exact) mass is 247 g/mol. The van der Waals surface area contributed by atoms with Crippen molar-refractivity contribution in [3.63, 3.8) is 0 Å². The second kappa shape index (κ2) is 4.47. The van der Waals surface area contributed by atoms with Crippen LogP contribution in [0.4, 0.5) is 0 Å². The molecule has 0 atom stereocenters. The molecule has 0 aliphatic rings. The summed E-state index contributed by atoms with van der Waals surface area (Å²) < 4.78 is 0. The van der Waals surface area contributed by atoms with Crippen LogP contribution in [-0.4, -0.2) is 21.8 Å². The highest BCUT2D eigenvalue weighted by Gasteiger charge is 2.22. The molecular weight excluding hydrogens is 238 g/mol. The molecule has 0 unspecified atom stereocenters. The zero-order valence-corrected chi connectivity index (χ0v) is 9.82. The topological polar surface area (TPSA) is 67.3 Å². The van der Waals surface area contributed by atoms with Gasteiger partial charge in [0, 0.05) is 5.56 Å². The van der Waals surface area contributed by atoms with E-state index < -0.39 is 5.97 Å². The summed E-state index contributed by atoms with van der Waals surface area (Å²) in [6, 6.07) is 8.59. The van der Waals surface area contributed by atoms with Crippen molar-refractivity contribution in [2.24, 2.45) is 0 Å². The number of carboxylic acids is 1. The Morgan fingerprint density at radius 1 is 1.24 bits per heavy atom. The second-order valence-corrected chi connectivity index (χ2v) is 4.61. The minimum atomic E-state index is -1.17. The molecule has 1 aromatic carbocycles. The van der Waals surface area contributed by atoms with Crippen LogP contribution in [0.25, 0.3) is 0 Å². The van der Waals surface area contributed by atoms with Gasteiger partial charge in [0.1, 0.15) is 4.88 Å². The second-order valence-electron chi connectivity index (χ2n) is 3.41. The first-order valence-corrected chi connectivity index (χ1v) is 5.71. The number of nitrogens with zero attached hydrogens (tertiary/aromatic N) is 1. The van der Waals surface area contributed by atoms with E-state index >= 15 is 0 Å². The van der Waals surface area contributed by atoms with Crippen molar-refractivity contribution in [2.75, 3.05) is 0 Å². The lowest BCUT2D eigenvalue weighted by molar-refractivity contribution is 0.0687. The minimum absolute atomic E-state index is 0.165. The van der Waals surface area contributed by atoms with Crippen LogP contribution in [0.15, 0.2) is 30.3 Å². The van der Waals surface area contributed by atoms with Gasteiger partial charge in [0.25, 0.3) is 0 Å². The average molecular weight is 247 g/mol. The van der Waals surface area contributed by atoms with Crippen LogP contribution in [0.1, 0.15) is 30.7 Å². The van der Waals surface area contributed by atoms with Crippen LogP contribution in [0.2, 0.25) is 0 Å². The predicted molar refractivity (Wildman–Crippen MR) is 63.7 cm³/mol. The summed E-state index contributed by atoms with van der Waals surface area (Å²) >= 11 is 1.10. The number of thiazole rings is 1. The fourth-order valence-corrected chi connectivity index (χ4v) is 2.32. The first kappa shape index (κ1) is 11.5. The number of ketones is 1. The van der Waals surface area contributed by atoms with E-state index in [1.807, 2.05) is 0 Å². The molecule has 5 heteroatoms. The largest absolute Gasteiger partial charge is 0.476 e. The van der Waals surface area contributed by atoms with Gasteiger partial charge in [-0.15, -0.1) is 11.3 Å². The maximum Gasteiger partial charge on any atom is 0.356 e. The molecule has 0 saturated carbocycles. The van der Waals surface area contributed by atoms with E-state index in [4.69, 9.17) is 5.11 Å². The first-order valence-electron chi connectivity index (χ1n) is 4.90. The molecule has 0 radical (unpaired) electrons. The van der Waals surface area contributed by atoms with Gasteiger partial charge in [0.2, 0.25) is 5.78 Å². The maximum atomic E-state index is 12.1. The van der Waals surface area contributed by atoms with E-state index in [1.54, 1.807) is 37.3 Å². The number of carboxylic acid groups (broad SMARTS) is 1. The Kier molecular flexibility index (Phi) is 3.01. The number of benzene rings is 1. The number of rotatable bonds is 3. The van der Waals surface area contributed by atoms with Gasteiger partial charge in [0.15, 0.2) is 5.69 Å². The van der Waals surface area contributed by atoms with E-state index in [9.17, 15) is 9.59 Å².